The van der Waals surface area contributed by atoms with Gasteiger partial charge in [-0.3, -0.25) is 9.59 Å². The smallest absolute Gasteiger partial charge is 0.241 e. The van der Waals surface area contributed by atoms with Gasteiger partial charge in [-0.15, -0.1) is 0 Å². The van der Waals surface area contributed by atoms with Crippen molar-refractivity contribution in [3.05, 3.63) is 24.3 Å². The van der Waals surface area contributed by atoms with Crippen molar-refractivity contribution in [3.63, 3.8) is 0 Å². The van der Waals surface area contributed by atoms with Crippen molar-refractivity contribution in [2.75, 3.05) is 18.4 Å². The molecule has 1 aliphatic heterocycles. The number of likely N-dealkylation sites (tertiary alicyclic amines) is 1. The molecule has 2 rings (SSSR count). The Morgan fingerprint density at radius 2 is 1.68 bits per heavy atom. The Bertz CT molecular complexity index is 661. The van der Waals surface area contributed by atoms with Gasteiger partial charge in [0.25, 0.3) is 0 Å². The number of nitrogens with one attached hydrogen (secondary N) is 1. The molecule has 2 amide bonds. The van der Waals surface area contributed by atoms with Gasteiger partial charge in [-0.2, -0.15) is 0 Å². The zero-order chi connectivity index (χ0) is 16.3. The molecule has 1 fully saturated rings. The molecule has 1 atom stereocenters. The van der Waals surface area contributed by atoms with Gasteiger partial charge in [-0.1, -0.05) is 0 Å². The molecule has 120 valence electrons. The molecule has 0 aliphatic carbocycles. The Hall–Kier alpha value is -1.89. The zero-order valence-corrected chi connectivity index (χ0v) is 13.5. The molecule has 1 aliphatic rings. The number of nitrogens with zero attached hydrogens (tertiary/aromatic N) is 1. The average Bonchev–Trinajstić information content (AvgIpc) is 2.99. The second-order valence-corrected chi connectivity index (χ2v) is 7.69. The molecular weight excluding hydrogens is 304 g/mol. The van der Waals surface area contributed by atoms with E-state index < -0.39 is 15.1 Å². The summed E-state index contributed by atoms with van der Waals surface area (Å²) in [5.41, 5.74) is 0.518. The summed E-state index contributed by atoms with van der Waals surface area (Å²) >= 11 is 0. The summed E-state index contributed by atoms with van der Waals surface area (Å²) in [4.78, 5) is 24.9. The van der Waals surface area contributed by atoms with E-state index in [9.17, 15) is 18.0 Å². The largest absolute Gasteiger partial charge is 0.342 e. The number of carbonyl (C=O) groups excluding carboxylic acids is 2. The van der Waals surface area contributed by atoms with E-state index in [-0.39, 0.29) is 16.7 Å². The van der Waals surface area contributed by atoms with E-state index >= 15 is 0 Å². The highest BCUT2D eigenvalue weighted by Crippen LogP contribution is 2.21. The lowest BCUT2D eigenvalue weighted by molar-refractivity contribution is -0.129. The first-order chi connectivity index (χ1) is 10.3. The second kappa shape index (κ2) is 6.48. The molecule has 1 N–H and O–H groups in total. The number of benzene rings is 1. The van der Waals surface area contributed by atoms with Crippen molar-refractivity contribution >= 4 is 27.3 Å². The van der Waals surface area contributed by atoms with Gasteiger partial charge in [0.15, 0.2) is 9.84 Å². The highest BCUT2D eigenvalue weighted by Gasteiger charge is 2.33. The minimum absolute atomic E-state index is 0.0849. The van der Waals surface area contributed by atoms with Crippen LogP contribution in [0.1, 0.15) is 26.7 Å². The highest BCUT2D eigenvalue weighted by atomic mass is 32.2. The van der Waals surface area contributed by atoms with Crippen LogP contribution in [0, 0.1) is 0 Å². The first-order valence-corrected chi connectivity index (χ1v) is 8.77. The summed E-state index contributed by atoms with van der Waals surface area (Å²) in [6.45, 7) is 4.06. The Labute approximate surface area is 130 Å². The van der Waals surface area contributed by atoms with E-state index in [1.54, 1.807) is 4.90 Å². The zero-order valence-electron chi connectivity index (χ0n) is 12.7. The molecule has 1 aromatic carbocycles. The number of amides is 2. The van der Waals surface area contributed by atoms with Crippen molar-refractivity contribution in [2.24, 2.45) is 0 Å². The van der Waals surface area contributed by atoms with Gasteiger partial charge in [0.1, 0.15) is 5.25 Å². The molecule has 1 saturated heterocycles. The van der Waals surface area contributed by atoms with Gasteiger partial charge in [-0.05, 0) is 44.0 Å². The summed E-state index contributed by atoms with van der Waals surface area (Å²) in [6.07, 6.45) is 1.84. The number of hydrogen-bond acceptors (Lipinski definition) is 4. The Morgan fingerprint density at radius 3 is 2.18 bits per heavy atom. The Kier molecular flexibility index (Phi) is 4.85. The number of hydrogen-bond donors (Lipinski definition) is 1. The monoisotopic (exact) mass is 324 g/mol. The third kappa shape index (κ3) is 3.47. The lowest BCUT2D eigenvalue weighted by atomic mass is 10.3. The van der Waals surface area contributed by atoms with Crippen LogP contribution in [0.2, 0.25) is 0 Å². The van der Waals surface area contributed by atoms with Crippen molar-refractivity contribution in [3.8, 4) is 0 Å². The lowest BCUT2D eigenvalue weighted by Gasteiger charge is -2.20. The van der Waals surface area contributed by atoms with Gasteiger partial charge >= 0.3 is 0 Å². The summed E-state index contributed by atoms with van der Waals surface area (Å²) < 4.78 is 25.1. The maximum atomic E-state index is 12.5. The molecule has 22 heavy (non-hydrogen) atoms. The van der Waals surface area contributed by atoms with Crippen LogP contribution in [0.15, 0.2) is 29.2 Å². The van der Waals surface area contributed by atoms with Crippen molar-refractivity contribution in [1.29, 1.82) is 0 Å². The van der Waals surface area contributed by atoms with E-state index in [1.807, 2.05) is 0 Å². The number of rotatable bonds is 4. The summed E-state index contributed by atoms with van der Waals surface area (Å²) in [6, 6.07) is 5.85. The fraction of sp³-hybridized carbons (Fsp3) is 0.467. The maximum Gasteiger partial charge on any atom is 0.241 e. The van der Waals surface area contributed by atoms with Gasteiger partial charge in [0, 0.05) is 25.7 Å². The molecule has 1 aromatic rings. The average molecular weight is 324 g/mol. The highest BCUT2D eigenvalue weighted by molar-refractivity contribution is 7.92. The van der Waals surface area contributed by atoms with Crippen LogP contribution in [0.25, 0.3) is 0 Å². The van der Waals surface area contributed by atoms with Crippen LogP contribution in [0.4, 0.5) is 5.69 Å². The molecule has 6 nitrogen and oxygen atoms in total. The molecule has 0 spiro atoms. The van der Waals surface area contributed by atoms with Gasteiger partial charge < -0.3 is 10.2 Å². The summed E-state index contributed by atoms with van der Waals surface area (Å²) in [5.74, 6) is -0.573. The van der Waals surface area contributed by atoms with Gasteiger partial charge in [0.05, 0.1) is 4.90 Å². The molecule has 7 heteroatoms. The second-order valence-electron chi connectivity index (χ2n) is 5.43. The van der Waals surface area contributed by atoms with Gasteiger partial charge in [-0.25, -0.2) is 8.42 Å². The van der Waals surface area contributed by atoms with Crippen LogP contribution in [-0.4, -0.2) is 43.5 Å². The van der Waals surface area contributed by atoms with E-state index in [2.05, 4.69) is 5.32 Å². The molecule has 1 unspecified atom stereocenters. The van der Waals surface area contributed by atoms with E-state index in [0.717, 1.165) is 12.8 Å². The normalized spacial score (nSPS) is 16.4. The van der Waals surface area contributed by atoms with Crippen LogP contribution < -0.4 is 5.32 Å². The predicted molar refractivity (Wildman–Crippen MR) is 83.2 cm³/mol. The summed E-state index contributed by atoms with van der Waals surface area (Å²) in [5, 5.41) is 1.47. The maximum absolute atomic E-state index is 12.5. The molecule has 0 aromatic heterocycles. The topological polar surface area (TPSA) is 83.5 Å². The van der Waals surface area contributed by atoms with Crippen LogP contribution in [0.5, 0.6) is 0 Å². The molecule has 0 radical (unpaired) electrons. The Morgan fingerprint density at radius 1 is 1.14 bits per heavy atom. The van der Waals surface area contributed by atoms with Crippen LogP contribution in [-0.2, 0) is 19.4 Å². The summed E-state index contributed by atoms with van der Waals surface area (Å²) in [7, 11) is -3.72. The quantitative estimate of drug-likeness (QED) is 0.908. The SMILES string of the molecule is CC(=O)Nc1ccc(S(=O)(=O)C(C)C(=O)N2CCCC2)cc1. The third-order valence-corrected chi connectivity index (χ3v) is 5.80. The molecular formula is C15H20N2O4S. The molecule has 1 heterocycles. The third-order valence-electron chi connectivity index (χ3n) is 3.73. The van der Waals surface area contributed by atoms with E-state index in [1.165, 1.54) is 38.1 Å². The van der Waals surface area contributed by atoms with E-state index in [0.29, 0.717) is 18.8 Å². The van der Waals surface area contributed by atoms with Crippen molar-refractivity contribution < 1.29 is 18.0 Å². The number of carbonyl (C=O) groups is 2. The first kappa shape index (κ1) is 16.5. The number of anilines is 1. The minimum atomic E-state index is -3.72. The fourth-order valence-electron chi connectivity index (χ4n) is 2.46. The minimum Gasteiger partial charge on any atom is -0.342 e. The standard InChI is InChI=1S/C15H20N2O4S/c1-11(15(19)17-9-3-4-10-17)22(20,21)14-7-5-13(6-8-14)16-12(2)18/h5-8,11H,3-4,9-10H2,1-2H3,(H,16,18). The first-order valence-electron chi connectivity index (χ1n) is 7.22. The van der Waals surface area contributed by atoms with Crippen LogP contribution >= 0.6 is 0 Å². The van der Waals surface area contributed by atoms with E-state index in [4.69, 9.17) is 0 Å². The van der Waals surface area contributed by atoms with Crippen LogP contribution in [0.3, 0.4) is 0 Å². The number of sulfone groups is 1. The molecule has 0 saturated carbocycles. The fourth-order valence-corrected chi connectivity index (χ4v) is 3.80. The Balaban J connectivity index is 2.18. The lowest BCUT2D eigenvalue weighted by Crippen LogP contribution is -2.39. The van der Waals surface area contributed by atoms with Crippen molar-refractivity contribution in [2.45, 2.75) is 36.8 Å². The predicted octanol–water partition coefficient (Wildman–Crippen LogP) is 1.43. The van der Waals surface area contributed by atoms with Crippen molar-refractivity contribution in [1.82, 2.24) is 4.90 Å². The molecule has 0 bridgehead atoms. The van der Waals surface area contributed by atoms with Gasteiger partial charge in [0.2, 0.25) is 11.8 Å².